The molecule has 11 heteroatoms. The fraction of sp³-hybridized carbons (Fsp3) is 0.250. The first-order chi connectivity index (χ1) is 16.8. The topological polar surface area (TPSA) is 147 Å². The van der Waals surface area contributed by atoms with E-state index in [1.54, 1.807) is 36.5 Å². The molecule has 2 aromatic carbocycles. The third kappa shape index (κ3) is 5.47. The van der Waals surface area contributed by atoms with Crippen molar-refractivity contribution in [2.45, 2.75) is 18.2 Å². The molecule has 0 bridgehead atoms. The van der Waals surface area contributed by atoms with Gasteiger partial charge in [-0.3, -0.25) is 9.52 Å². The lowest BCUT2D eigenvalue weighted by atomic mass is 10.1. The standard InChI is InChI=1S/C21H20N4O4S.C3H6O2/c26-21-20-17(7-8-22-20)18-13-16(5-6-19(18)23-21)30(27,28)24-14-1-3-15(4-2-14)25-9-11-29-12-10-25;1-2-3(4)5/h1-8,13,22,24H,9-12H2,(H,23,26);2H2,1H3,(H,4,5)/p-1. The Balaban J connectivity index is 0.000000527. The molecule has 2 aromatic heterocycles. The van der Waals surface area contributed by atoms with Crippen molar-refractivity contribution in [1.29, 1.82) is 0 Å². The van der Waals surface area contributed by atoms with E-state index in [4.69, 9.17) is 4.74 Å². The van der Waals surface area contributed by atoms with E-state index in [9.17, 15) is 23.1 Å². The van der Waals surface area contributed by atoms with Crippen LogP contribution in [0.25, 0.3) is 21.8 Å². The monoisotopic (exact) mass is 497 g/mol. The lowest BCUT2D eigenvalue weighted by Crippen LogP contribution is -2.36. The number of carbonyl (C=O) groups is 1. The Kier molecular flexibility index (Phi) is 7.08. The molecule has 184 valence electrons. The third-order valence-electron chi connectivity index (χ3n) is 5.60. The Labute approximate surface area is 201 Å². The van der Waals surface area contributed by atoms with Gasteiger partial charge in [0, 0.05) is 52.9 Å². The summed E-state index contributed by atoms with van der Waals surface area (Å²) in [5, 5.41) is 10.6. The van der Waals surface area contributed by atoms with Crippen LogP contribution in [-0.4, -0.2) is 50.7 Å². The van der Waals surface area contributed by atoms with Gasteiger partial charge < -0.3 is 29.5 Å². The Morgan fingerprint density at radius 1 is 1.09 bits per heavy atom. The number of hydrogen-bond acceptors (Lipinski definition) is 7. The van der Waals surface area contributed by atoms with Crippen molar-refractivity contribution in [2.75, 3.05) is 35.9 Å². The number of carboxylic acids is 1. The Bertz CT molecular complexity index is 1500. The summed E-state index contributed by atoms with van der Waals surface area (Å²) in [5.74, 6) is -0.995. The number of benzene rings is 2. The molecule has 10 nitrogen and oxygen atoms in total. The number of sulfonamides is 1. The first kappa shape index (κ1) is 24.3. The van der Waals surface area contributed by atoms with Crippen LogP contribution in [0.1, 0.15) is 13.3 Å². The summed E-state index contributed by atoms with van der Waals surface area (Å²) < 4.78 is 33.9. The van der Waals surface area contributed by atoms with Crippen LogP contribution in [0.4, 0.5) is 11.4 Å². The number of carboxylic acid groups (broad SMARTS) is 1. The predicted molar refractivity (Wildman–Crippen MR) is 132 cm³/mol. The fourth-order valence-electron chi connectivity index (χ4n) is 3.76. The normalized spacial score (nSPS) is 13.9. The van der Waals surface area contributed by atoms with Crippen molar-refractivity contribution in [3.05, 3.63) is 65.1 Å². The van der Waals surface area contributed by atoms with Crippen molar-refractivity contribution in [3.8, 4) is 0 Å². The highest BCUT2D eigenvalue weighted by Gasteiger charge is 2.17. The number of pyridine rings is 1. The second-order valence-corrected chi connectivity index (χ2v) is 9.59. The molecule has 0 saturated carbocycles. The van der Waals surface area contributed by atoms with E-state index < -0.39 is 16.0 Å². The maximum atomic E-state index is 13.0. The zero-order valence-corrected chi connectivity index (χ0v) is 19.9. The van der Waals surface area contributed by atoms with E-state index in [1.807, 2.05) is 12.1 Å². The van der Waals surface area contributed by atoms with Gasteiger partial charge in [-0.15, -0.1) is 0 Å². The van der Waals surface area contributed by atoms with Crippen molar-refractivity contribution >= 4 is 49.2 Å². The number of carbonyl (C=O) groups excluding carboxylic acids is 1. The highest BCUT2D eigenvalue weighted by Crippen LogP contribution is 2.26. The zero-order chi connectivity index (χ0) is 25.0. The highest BCUT2D eigenvalue weighted by atomic mass is 32.2. The fourth-order valence-corrected chi connectivity index (χ4v) is 4.85. The number of nitrogens with zero attached hydrogens (tertiary/aromatic N) is 1. The van der Waals surface area contributed by atoms with Gasteiger partial charge in [-0.2, -0.15) is 0 Å². The maximum absolute atomic E-state index is 13.0. The van der Waals surface area contributed by atoms with Crippen LogP contribution >= 0.6 is 0 Å². The summed E-state index contributed by atoms with van der Waals surface area (Å²) >= 11 is 0. The molecule has 0 aliphatic carbocycles. The van der Waals surface area contributed by atoms with Crippen molar-refractivity contribution in [3.63, 3.8) is 0 Å². The van der Waals surface area contributed by atoms with E-state index in [1.165, 1.54) is 13.0 Å². The van der Waals surface area contributed by atoms with Crippen LogP contribution in [0.15, 0.2) is 64.4 Å². The molecular formula is C24H25N4O6S-. The van der Waals surface area contributed by atoms with Crippen molar-refractivity contribution in [1.82, 2.24) is 9.97 Å². The SMILES string of the molecule is CCC(=O)[O-].O=c1[nH]c2ccc(S(=O)(=O)Nc3ccc(N4CCOCC4)cc3)cc2c2cc[nH]c12. The molecular weight excluding hydrogens is 472 g/mol. The van der Waals surface area contributed by atoms with E-state index in [-0.39, 0.29) is 16.9 Å². The Morgan fingerprint density at radius 3 is 2.43 bits per heavy atom. The van der Waals surface area contributed by atoms with Gasteiger partial charge in [0.05, 0.1) is 18.1 Å². The predicted octanol–water partition coefficient (Wildman–Crippen LogP) is 1.79. The second-order valence-electron chi connectivity index (χ2n) is 7.91. The molecule has 0 amide bonds. The molecule has 0 atom stereocenters. The molecule has 1 fully saturated rings. The summed E-state index contributed by atoms with van der Waals surface area (Å²) in [6.07, 6.45) is 1.77. The average molecular weight is 498 g/mol. The zero-order valence-electron chi connectivity index (χ0n) is 19.0. The molecule has 1 aliphatic heterocycles. The first-order valence-corrected chi connectivity index (χ1v) is 12.6. The van der Waals surface area contributed by atoms with Crippen molar-refractivity contribution < 1.29 is 23.1 Å². The smallest absolute Gasteiger partial charge is 0.272 e. The number of ether oxygens (including phenoxy) is 1. The van der Waals surface area contributed by atoms with E-state index in [0.717, 1.165) is 18.8 Å². The number of aliphatic carboxylic acids is 1. The van der Waals surface area contributed by atoms with Gasteiger partial charge >= 0.3 is 0 Å². The molecule has 0 radical (unpaired) electrons. The summed E-state index contributed by atoms with van der Waals surface area (Å²) in [5.41, 5.74) is 2.28. The van der Waals surface area contributed by atoms with Crippen LogP contribution in [0.5, 0.6) is 0 Å². The van der Waals surface area contributed by atoms with Crippen LogP contribution < -0.4 is 20.3 Å². The summed E-state index contributed by atoms with van der Waals surface area (Å²) in [6.45, 7) is 4.55. The Hall–Kier alpha value is -3.83. The lowest BCUT2D eigenvalue weighted by Gasteiger charge is -2.28. The molecule has 1 saturated heterocycles. The minimum atomic E-state index is -3.79. The van der Waals surface area contributed by atoms with Crippen LogP contribution in [-0.2, 0) is 19.6 Å². The number of aromatic amines is 2. The number of morpholine rings is 1. The number of rotatable bonds is 5. The number of aromatic nitrogens is 2. The van der Waals surface area contributed by atoms with Gasteiger partial charge in [0.15, 0.2) is 0 Å². The summed E-state index contributed by atoms with van der Waals surface area (Å²) in [6, 6.07) is 13.7. The van der Waals surface area contributed by atoms with Gasteiger partial charge in [-0.05, 0) is 55.0 Å². The third-order valence-corrected chi connectivity index (χ3v) is 6.98. The number of anilines is 2. The molecule has 5 rings (SSSR count). The quantitative estimate of drug-likeness (QED) is 0.381. The van der Waals surface area contributed by atoms with E-state index in [0.29, 0.717) is 40.7 Å². The van der Waals surface area contributed by atoms with E-state index in [2.05, 4.69) is 19.6 Å². The molecule has 1 aliphatic rings. The lowest BCUT2D eigenvalue weighted by molar-refractivity contribution is -0.305. The minimum absolute atomic E-state index is 0.111. The number of nitrogens with one attached hydrogen (secondary N) is 3. The largest absolute Gasteiger partial charge is 0.550 e. The van der Waals surface area contributed by atoms with Crippen LogP contribution in [0.3, 0.4) is 0 Å². The average Bonchev–Trinajstić information content (AvgIpc) is 3.36. The van der Waals surface area contributed by atoms with Crippen molar-refractivity contribution in [2.24, 2.45) is 0 Å². The summed E-state index contributed by atoms with van der Waals surface area (Å²) in [7, 11) is -3.79. The Morgan fingerprint density at radius 2 is 1.77 bits per heavy atom. The van der Waals surface area contributed by atoms with Gasteiger partial charge in [-0.1, -0.05) is 6.92 Å². The minimum Gasteiger partial charge on any atom is -0.550 e. The highest BCUT2D eigenvalue weighted by molar-refractivity contribution is 7.92. The van der Waals surface area contributed by atoms with Crippen LogP contribution in [0, 0.1) is 0 Å². The molecule has 35 heavy (non-hydrogen) atoms. The first-order valence-electron chi connectivity index (χ1n) is 11.1. The molecule has 0 spiro atoms. The maximum Gasteiger partial charge on any atom is 0.272 e. The van der Waals surface area contributed by atoms with Crippen LogP contribution in [0.2, 0.25) is 0 Å². The van der Waals surface area contributed by atoms with E-state index >= 15 is 0 Å². The molecule has 3 N–H and O–H groups in total. The van der Waals surface area contributed by atoms with Gasteiger partial charge in [0.1, 0.15) is 5.52 Å². The molecule has 3 heterocycles. The molecule has 4 aromatic rings. The second kappa shape index (κ2) is 10.2. The van der Waals surface area contributed by atoms with Gasteiger partial charge in [0.25, 0.3) is 15.6 Å². The molecule has 0 unspecified atom stereocenters. The number of fused-ring (bicyclic) bond motifs is 3. The van der Waals surface area contributed by atoms with Gasteiger partial charge in [0.2, 0.25) is 0 Å². The summed E-state index contributed by atoms with van der Waals surface area (Å²) in [4.78, 5) is 29.3. The van der Waals surface area contributed by atoms with Gasteiger partial charge in [-0.25, -0.2) is 8.42 Å². The number of H-pyrrole nitrogens is 2. The number of hydrogen-bond donors (Lipinski definition) is 3.